The van der Waals surface area contributed by atoms with Crippen molar-refractivity contribution in [2.75, 3.05) is 97.8 Å². The highest BCUT2D eigenvalue weighted by Gasteiger charge is 1.95. The summed E-state index contributed by atoms with van der Waals surface area (Å²) in [7, 11) is 0. The summed E-state index contributed by atoms with van der Waals surface area (Å²) in [5, 5.41) is 0.851. The summed E-state index contributed by atoms with van der Waals surface area (Å²) in [6.07, 6.45) is 10.6. The topological polar surface area (TPSA) is 64.6 Å². The van der Waals surface area contributed by atoms with Gasteiger partial charge in [-0.05, 0) is 6.42 Å². The smallest absolute Gasteiger partial charge is 0.0701 e. The lowest BCUT2D eigenvalue weighted by Gasteiger charge is -2.08. The Kier molecular flexibility index (Phi) is 31.4. The van der Waals surface area contributed by atoms with Crippen LogP contribution in [0.5, 0.6) is 0 Å². The number of ether oxygens (including phenoxy) is 7. The summed E-state index contributed by atoms with van der Waals surface area (Å²) >= 11 is 3.30. The van der Waals surface area contributed by atoms with E-state index in [4.69, 9.17) is 33.2 Å². The fourth-order valence-corrected chi connectivity index (χ4v) is 3.04. The molecule has 0 aliphatic heterocycles. The third-order valence-electron chi connectivity index (χ3n) is 4.60. The van der Waals surface area contributed by atoms with Gasteiger partial charge in [0.05, 0.1) is 85.9 Å². The molecule has 0 heterocycles. The lowest BCUT2D eigenvalue weighted by molar-refractivity contribution is -0.0201. The maximum atomic E-state index is 5.60. The summed E-state index contributed by atoms with van der Waals surface area (Å²) in [4.78, 5) is 0. The van der Waals surface area contributed by atoms with E-state index in [1.54, 1.807) is 0 Å². The third kappa shape index (κ3) is 30.2. The quantitative estimate of drug-likeness (QED) is 0.103. The zero-order valence-electron chi connectivity index (χ0n) is 20.5. The van der Waals surface area contributed by atoms with E-state index in [0.29, 0.717) is 85.9 Å². The van der Waals surface area contributed by atoms with E-state index < -0.39 is 0 Å². The van der Waals surface area contributed by atoms with Gasteiger partial charge < -0.3 is 33.2 Å². The van der Waals surface area contributed by atoms with Crippen LogP contribution in [0.3, 0.4) is 0 Å². The van der Waals surface area contributed by atoms with Crippen molar-refractivity contribution in [3.8, 4) is 0 Å². The Bertz CT molecular complexity index is 295. The Labute approximate surface area is 205 Å². The van der Waals surface area contributed by atoms with Gasteiger partial charge in [-0.15, -0.1) is 0 Å². The normalized spacial score (nSPS) is 11.4. The van der Waals surface area contributed by atoms with Gasteiger partial charge in [0.1, 0.15) is 0 Å². The lowest BCUT2D eigenvalue weighted by Crippen LogP contribution is -2.14. The molecule has 32 heavy (non-hydrogen) atoms. The Balaban J connectivity index is 2.98. The highest BCUT2D eigenvalue weighted by molar-refractivity contribution is 9.09. The summed E-state index contributed by atoms with van der Waals surface area (Å²) in [6.45, 7) is 10.9. The monoisotopic (exact) mass is 528 g/mol. The molecule has 194 valence electrons. The van der Waals surface area contributed by atoms with Gasteiger partial charge in [-0.2, -0.15) is 0 Å². The first kappa shape index (κ1) is 32.2. The zero-order valence-corrected chi connectivity index (χ0v) is 22.1. The zero-order chi connectivity index (χ0) is 23.2. The molecule has 8 heteroatoms. The highest BCUT2D eigenvalue weighted by atomic mass is 79.9. The van der Waals surface area contributed by atoms with Gasteiger partial charge >= 0.3 is 0 Å². The largest absolute Gasteiger partial charge is 0.379 e. The standard InChI is InChI=1S/C24H49BrO7/c1-2-3-4-5-6-7-8-9-11-26-13-15-28-17-19-30-21-23-32-24-22-31-20-18-29-16-14-27-12-10-25/h2-24H2,1H3. The van der Waals surface area contributed by atoms with Crippen molar-refractivity contribution in [3.05, 3.63) is 0 Å². The number of hydrogen-bond donors (Lipinski definition) is 0. The van der Waals surface area contributed by atoms with Crippen molar-refractivity contribution in [1.82, 2.24) is 0 Å². The van der Waals surface area contributed by atoms with Crippen LogP contribution in [0.2, 0.25) is 0 Å². The Morgan fingerprint density at radius 2 is 0.625 bits per heavy atom. The molecule has 0 aromatic heterocycles. The molecular formula is C24H49BrO7. The predicted octanol–water partition coefficient (Wildman–Crippen LogP) is 4.64. The first-order valence-corrected chi connectivity index (χ1v) is 13.6. The minimum Gasteiger partial charge on any atom is -0.379 e. The number of halogens is 1. The minimum atomic E-state index is 0.560. The summed E-state index contributed by atoms with van der Waals surface area (Å²) in [5.74, 6) is 0. The molecule has 0 saturated carbocycles. The third-order valence-corrected chi connectivity index (χ3v) is 4.92. The van der Waals surface area contributed by atoms with Gasteiger partial charge in [0.15, 0.2) is 0 Å². The van der Waals surface area contributed by atoms with E-state index in [-0.39, 0.29) is 0 Å². The van der Waals surface area contributed by atoms with E-state index in [1.165, 1.54) is 44.9 Å². The van der Waals surface area contributed by atoms with Gasteiger partial charge in [0.25, 0.3) is 0 Å². The molecule has 0 aliphatic rings. The molecule has 0 aliphatic carbocycles. The molecule has 0 rings (SSSR count). The molecule has 0 unspecified atom stereocenters. The summed E-state index contributed by atoms with van der Waals surface area (Å²) in [6, 6.07) is 0. The van der Waals surface area contributed by atoms with Crippen molar-refractivity contribution in [2.24, 2.45) is 0 Å². The van der Waals surface area contributed by atoms with Gasteiger partial charge in [0.2, 0.25) is 0 Å². The maximum absolute atomic E-state index is 5.60. The number of alkyl halides is 1. The van der Waals surface area contributed by atoms with Crippen LogP contribution in [-0.2, 0) is 33.2 Å². The fourth-order valence-electron chi connectivity index (χ4n) is 2.81. The van der Waals surface area contributed by atoms with E-state index in [0.717, 1.165) is 18.4 Å². The van der Waals surface area contributed by atoms with Crippen LogP contribution >= 0.6 is 15.9 Å². The molecule has 0 radical (unpaired) electrons. The summed E-state index contributed by atoms with van der Waals surface area (Å²) < 4.78 is 38.1. The second-order valence-electron chi connectivity index (χ2n) is 7.45. The van der Waals surface area contributed by atoms with E-state index in [1.807, 2.05) is 0 Å². The van der Waals surface area contributed by atoms with Crippen LogP contribution in [-0.4, -0.2) is 97.8 Å². The second kappa shape index (κ2) is 31.2. The molecular weight excluding hydrogens is 480 g/mol. The molecule has 0 aromatic carbocycles. The SMILES string of the molecule is CCCCCCCCCCOCCOCCOCCOCCOCCOCCOCCBr. The van der Waals surface area contributed by atoms with E-state index >= 15 is 0 Å². The molecule has 7 nitrogen and oxygen atoms in total. The van der Waals surface area contributed by atoms with Crippen molar-refractivity contribution in [3.63, 3.8) is 0 Å². The Morgan fingerprint density at radius 3 is 0.969 bits per heavy atom. The van der Waals surface area contributed by atoms with Crippen LogP contribution < -0.4 is 0 Å². The number of unbranched alkanes of at least 4 members (excludes halogenated alkanes) is 7. The number of hydrogen-bond acceptors (Lipinski definition) is 7. The van der Waals surface area contributed by atoms with Gasteiger partial charge in [-0.1, -0.05) is 67.8 Å². The van der Waals surface area contributed by atoms with E-state index in [9.17, 15) is 0 Å². The van der Waals surface area contributed by atoms with Gasteiger partial charge in [-0.3, -0.25) is 0 Å². The molecule has 0 N–H and O–H groups in total. The predicted molar refractivity (Wildman–Crippen MR) is 132 cm³/mol. The van der Waals surface area contributed by atoms with Crippen molar-refractivity contribution < 1.29 is 33.2 Å². The van der Waals surface area contributed by atoms with Crippen LogP contribution in [0.15, 0.2) is 0 Å². The van der Waals surface area contributed by atoms with Crippen LogP contribution in [0, 0.1) is 0 Å². The van der Waals surface area contributed by atoms with Gasteiger partial charge in [0, 0.05) is 11.9 Å². The maximum Gasteiger partial charge on any atom is 0.0701 e. The average Bonchev–Trinajstić information content (AvgIpc) is 2.81. The summed E-state index contributed by atoms with van der Waals surface area (Å²) in [5.41, 5.74) is 0. The minimum absolute atomic E-state index is 0.560. The number of rotatable bonds is 29. The van der Waals surface area contributed by atoms with Crippen molar-refractivity contribution in [1.29, 1.82) is 0 Å². The molecule has 0 spiro atoms. The first-order chi connectivity index (χ1) is 15.9. The van der Waals surface area contributed by atoms with Crippen LogP contribution in [0.4, 0.5) is 0 Å². The fraction of sp³-hybridized carbons (Fsp3) is 1.00. The van der Waals surface area contributed by atoms with Crippen molar-refractivity contribution in [2.45, 2.75) is 58.3 Å². The first-order valence-electron chi connectivity index (χ1n) is 12.5. The average molecular weight is 530 g/mol. The van der Waals surface area contributed by atoms with Gasteiger partial charge in [-0.25, -0.2) is 0 Å². The van der Waals surface area contributed by atoms with Crippen LogP contribution in [0.1, 0.15) is 58.3 Å². The highest BCUT2D eigenvalue weighted by Crippen LogP contribution is 2.08. The van der Waals surface area contributed by atoms with Crippen LogP contribution in [0.25, 0.3) is 0 Å². The molecule has 0 fully saturated rings. The molecule has 0 bridgehead atoms. The molecule has 0 aromatic rings. The molecule has 0 saturated heterocycles. The Morgan fingerprint density at radius 1 is 0.344 bits per heavy atom. The van der Waals surface area contributed by atoms with E-state index in [2.05, 4.69) is 22.9 Å². The second-order valence-corrected chi connectivity index (χ2v) is 8.24. The molecule has 0 atom stereocenters. The van der Waals surface area contributed by atoms with Crippen molar-refractivity contribution >= 4 is 15.9 Å². The molecule has 0 amide bonds. The Hall–Kier alpha value is 0.200. The lowest BCUT2D eigenvalue weighted by atomic mass is 10.1.